The predicted molar refractivity (Wildman–Crippen MR) is 72.2 cm³/mol. The molecule has 1 aliphatic carbocycles. The fraction of sp³-hybridized carbons (Fsp3) is 0.308. The summed E-state index contributed by atoms with van der Waals surface area (Å²) >= 11 is 2.96. The van der Waals surface area contributed by atoms with Gasteiger partial charge in [0.15, 0.2) is 0 Å². The number of aromatic nitrogens is 2. The molecule has 2 aromatic rings. The molecule has 0 saturated carbocycles. The summed E-state index contributed by atoms with van der Waals surface area (Å²) in [5, 5.41) is 4.17. The molecule has 1 aromatic carbocycles. The largest absolute Gasteiger partial charge is 0.382 e. The maximum Gasteiger partial charge on any atom is 0.150 e. The van der Waals surface area contributed by atoms with E-state index in [2.05, 4.69) is 21.0 Å². The zero-order chi connectivity index (χ0) is 13.6. The number of hydrogen-bond acceptors (Lipinski definition) is 2. The van der Waals surface area contributed by atoms with E-state index in [0.717, 1.165) is 49.1 Å². The number of halogens is 3. The molecular weight excluding hydrogens is 316 g/mol. The van der Waals surface area contributed by atoms with Crippen LogP contribution in [0.4, 0.5) is 14.6 Å². The van der Waals surface area contributed by atoms with Crippen LogP contribution in [-0.2, 0) is 12.8 Å². The predicted octanol–water partition coefficient (Wildman–Crippen LogP) is 3.37. The Morgan fingerprint density at radius 2 is 1.89 bits per heavy atom. The Balaban J connectivity index is 2.20. The van der Waals surface area contributed by atoms with Gasteiger partial charge >= 0.3 is 0 Å². The van der Waals surface area contributed by atoms with Crippen molar-refractivity contribution >= 4 is 21.7 Å². The van der Waals surface area contributed by atoms with Crippen molar-refractivity contribution in [1.29, 1.82) is 0 Å². The minimum atomic E-state index is -0.524. The van der Waals surface area contributed by atoms with Gasteiger partial charge in [-0.2, -0.15) is 5.10 Å². The number of benzene rings is 1. The Morgan fingerprint density at radius 3 is 2.68 bits per heavy atom. The van der Waals surface area contributed by atoms with Crippen molar-refractivity contribution in [3.63, 3.8) is 0 Å². The third-order valence-electron chi connectivity index (χ3n) is 3.43. The molecule has 100 valence electrons. The monoisotopic (exact) mass is 327 g/mol. The lowest BCUT2D eigenvalue weighted by atomic mass is 9.97. The summed E-state index contributed by atoms with van der Waals surface area (Å²) in [5.41, 5.74) is 7.83. The summed E-state index contributed by atoms with van der Waals surface area (Å²) in [6, 6.07) is 2.25. The van der Waals surface area contributed by atoms with E-state index in [1.807, 2.05) is 0 Å². The van der Waals surface area contributed by atoms with Crippen LogP contribution in [0.5, 0.6) is 0 Å². The van der Waals surface area contributed by atoms with Crippen molar-refractivity contribution in [2.24, 2.45) is 0 Å². The van der Waals surface area contributed by atoms with Crippen LogP contribution >= 0.6 is 15.9 Å². The van der Waals surface area contributed by atoms with Gasteiger partial charge in [0.1, 0.15) is 23.1 Å². The molecule has 0 radical (unpaired) electrons. The fourth-order valence-electron chi connectivity index (χ4n) is 2.50. The molecule has 1 aromatic heterocycles. The van der Waals surface area contributed by atoms with Crippen LogP contribution < -0.4 is 5.73 Å². The van der Waals surface area contributed by atoms with Gasteiger partial charge in [-0.15, -0.1) is 0 Å². The highest BCUT2D eigenvalue weighted by Crippen LogP contribution is 2.30. The van der Waals surface area contributed by atoms with Crippen molar-refractivity contribution < 1.29 is 8.78 Å². The van der Waals surface area contributed by atoms with E-state index >= 15 is 0 Å². The van der Waals surface area contributed by atoms with Crippen molar-refractivity contribution in [3.05, 3.63) is 39.5 Å². The quantitative estimate of drug-likeness (QED) is 0.816. The molecule has 1 aliphatic rings. The Kier molecular flexibility index (Phi) is 3.05. The van der Waals surface area contributed by atoms with Crippen molar-refractivity contribution in [2.75, 3.05) is 5.73 Å². The van der Waals surface area contributed by atoms with Crippen LogP contribution in [0, 0.1) is 11.6 Å². The van der Waals surface area contributed by atoms with Crippen LogP contribution in [0.3, 0.4) is 0 Å². The first-order valence-electron chi connectivity index (χ1n) is 6.09. The lowest BCUT2D eigenvalue weighted by molar-refractivity contribution is 0.574. The topological polar surface area (TPSA) is 43.8 Å². The number of fused-ring (bicyclic) bond motifs is 1. The highest BCUT2D eigenvalue weighted by atomic mass is 79.9. The second-order valence-electron chi connectivity index (χ2n) is 4.65. The van der Waals surface area contributed by atoms with Crippen LogP contribution in [0.15, 0.2) is 16.6 Å². The summed E-state index contributed by atoms with van der Waals surface area (Å²) < 4.78 is 29.1. The third kappa shape index (κ3) is 2.04. The molecule has 19 heavy (non-hydrogen) atoms. The highest BCUT2D eigenvalue weighted by Gasteiger charge is 2.22. The Morgan fingerprint density at radius 1 is 1.16 bits per heavy atom. The van der Waals surface area contributed by atoms with Gasteiger partial charge in [-0.1, -0.05) is 0 Å². The molecule has 3 nitrogen and oxygen atoms in total. The zero-order valence-electron chi connectivity index (χ0n) is 10.1. The highest BCUT2D eigenvalue weighted by molar-refractivity contribution is 9.10. The number of nitrogens with zero attached hydrogens (tertiary/aromatic N) is 2. The van der Waals surface area contributed by atoms with E-state index in [-0.39, 0.29) is 10.2 Å². The van der Waals surface area contributed by atoms with Gasteiger partial charge in [0, 0.05) is 17.3 Å². The summed E-state index contributed by atoms with van der Waals surface area (Å²) in [7, 11) is 0. The standard InChI is InChI=1S/C13H12BrF2N3/c14-8-5-10(16)12(6-9(8)15)19-11-4-2-1-3-7(11)13(17)18-19/h5-6H,1-4H2,(H2,17,18). The first kappa shape index (κ1) is 12.6. The Hall–Kier alpha value is -1.43. The number of nitrogen functional groups attached to an aromatic ring is 1. The lowest BCUT2D eigenvalue weighted by Gasteiger charge is -2.14. The van der Waals surface area contributed by atoms with Gasteiger partial charge in [-0.25, -0.2) is 13.5 Å². The summed E-state index contributed by atoms with van der Waals surface area (Å²) in [6.45, 7) is 0. The summed E-state index contributed by atoms with van der Waals surface area (Å²) in [5.74, 6) is -0.628. The van der Waals surface area contributed by atoms with Gasteiger partial charge in [0.05, 0.1) is 4.47 Å². The van der Waals surface area contributed by atoms with E-state index in [4.69, 9.17) is 5.73 Å². The number of hydrogen-bond donors (Lipinski definition) is 1. The SMILES string of the molecule is Nc1nn(-c2cc(F)c(Br)cc2F)c2c1CCCC2. The molecule has 0 bridgehead atoms. The second kappa shape index (κ2) is 4.59. The molecular formula is C13H12BrF2N3. The van der Waals surface area contributed by atoms with Crippen LogP contribution in [0.25, 0.3) is 5.69 Å². The molecule has 0 saturated heterocycles. The first-order chi connectivity index (χ1) is 9.08. The molecule has 0 spiro atoms. The minimum Gasteiger partial charge on any atom is -0.382 e. The first-order valence-corrected chi connectivity index (χ1v) is 6.88. The summed E-state index contributed by atoms with van der Waals surface area (Å²) in [6.07, 6.45) is 3.71. The molecule has 3 rings (SSSR count). The molecule has 0 atom stereocenters. The van der Waals surface area contributed by atoms with E-state index in [0.29, 0.717) is 5.82 Å². The van der Waals surface area contributed by atoms with Crippen molar-refractivity contribution in [2.45, 2.75) is 25.7 Å². The van der Waals surface area contributed by atoms with Gasteiger partial charge in [-0.3, -0.25) is 0 Å². The van der Waals surface area contributed by atoms with Gasteiger partial charge < -0.3 is 5.73 Å². The third-order valence-corrected chi connectivity index (χ3v) is 4.04. The molecule has 0 amide bonds. The maximum absolute atomic E-state index is 14.0. The summed E-state index contributed by atoms with van der Waals surface area (Å²) in [4.78, 5) is 0. The van der Waals surface area contributed by atoms with Crippen molar-refractivity contribution in [1.82, 2.24) is 9.78 Å². The van der Waals surface area contributed by atoms with Gasteiger partial charge in [-0.05, 0) is 47.7 Å². The van der Waals surface area contributed by atoms with E-state index < -0.39 is 11.6 Å². The number of nitrogens with two attached hydrogens (primary N) is 1. The van der Waals surface area contributed by atoms with Crippen LogP contribution in [0.1, 0.15) is 24.1 Å². The molecule has 2 N–H and O–H groups in total. The van der Waals surface area contributed by atoms with E-state index in [1.165, 1.54) is 4.68 Å². The Labute approximate surface area is 117 Å². The minimum absolute atomic E-state index is 0.0998. The van der Waals surface area contributed by atoms with Gasteiger partial charge in [0.25, 0.3) is 0 Å². The second-order valence-corrected chi connectivity index (χ2v) is 5.50. The maximum atomic E-state index is 14.0. The number of anilines is 1. The fourth-order valence-corrected chi connectivity index (χ4v) is 2.82. The van der Waals surface area contributed by atoms with Gasteiger partial charge in [0.2, 0.25) is 0 Å². The van der Waals surface area contributed by atoms with Crippen LogP contribution in [-0.4, -0.2) is 9.78 Å². The lowest BCUT2D eigenvalue weighted by Crippen LogP contribution is -2.09. The molecule has 0 aliphatic heterocycles. The van der Waals surface area contributed by atoms with E-state index in [9.17, 15) is 8.78 Å². The van der Waals surface area contributed by atoms with E-state index in [1.54, 1.807) is 0 Å². The molecule has 0 unspecified atom stereocenters. The number of rotatable bonds is 1. The molecule has 0 fully saturated rings. The Bertz CT molecular complexity index is 652. The normalized spacial score (nSPS) is 14.5. The van der Waals surface area contributed by atoms with Crippen LogP contribution in [0.2, 0.25) is 0 Å². The average Bonchev–Trinajstić information content (AvgIpc) is 2.72. The molecule has 1 heterocycles. The zero-order valence-corrected chi connectivity index (χ0v) is 11.7. The average molecular weight is 328 g/mol. The smallest absolute Gasteiger partial charge is 0.150 e. The molecule has 6 heteroatoms. The van der Waals surface area contributed by atoms with Crippen molar-refractivity contribution in [3.8, 4) is 5.69 Å².